The van der Waals surface area contributed by atoms with Gasteiger partial charge in [-0.05, 0) is 20.8 Å². The van der Waals surface area contributed by atoms with Gasteiger partial charge in [0.15, 0.2) is 0 Å². The molecular weight excluding hydrogens is 174 g/mol. The maximum absolute atomic E-state index is 8.72. The van der Waals surface area contributed by atoms with Crippen LogP contribution >= 0.6 is 0 Å². The summed E-state index contributed by atoms with van der Waals surface area (Å²) in [6.07, 6.45) is 0. The van der Waals surface area contributed by atoms with E-state index in [2.05, 4.69) is 29.7 Å². The second-order valence-electron chi connectivity index (χ2n) is 4.46. The van der Waals surface area contributed by atoms with Crippen molar-refractivity contribution in [2.45, 2.75) is 26.8 Å². The van der Waals surface area contributed by atoms with Gasteiger partial charge in [0.25, 0.3) is 0 Å². The molecule has 80 valence electrons. The smallest absolute Gasteiger partial charge is 0.0666 e. The topological polar surface area (TPSA) is 30.3 Å². The lowest BCUT2D eigenvalue weighted by Crippen LogP contribution is -2.49. The number of hydrogen-bond acceptors (Lipinski definition) is 3. The summed E-state index contributed by atoms with van der Waals surface area (Å²) in [4.78, 5) is 4.89. The minimum atomic E-state index is 0.167. The molecule has 3 nitrogen and oxygen atoms in total. The normalized spacial score (nSPS) is 22.2. The molecular formula is C11H21N3. The maximum Gasteiger partial charge on any atom is 0.0666 e. The summed E-state index contributed by atoms with van der Waals surface area (Å²) in [7, 11) is 0. The van der Waals surface area contributed by atoms with Crippen LogP contribution in [0.4, 0.5) is 0 Å². The Bertz CT molecular complexity index is 199. The molecule has 3 heteroatoms. The Morgan fingerprint density at radius 1 is 1.14 bits per heavy atom. The molecule has 1 fully saturated rings. The third-order valence-corrected chi connectivity index (χ3v) is 2.89. The fourth-order valence-corrected chi connectivity index (χ4v) is 1.89. The van der Waals surface area contributed by atoms with Gasteiger partial charge in [-0.1, -0.05) is 0 Å². The van der Waals surface area contributed by atoms with Gasteiger partial charge in [-0.25, -0.2) is 0 Å². The van der Waals surface area contributed by atoms with Crippen LogP contribution in [0.3, 0.4) is 0 Å². The number of nitrogens with zero attached hydrogens (tertiary/aromatic N) is 3. The van der Waals surface area contributed by atoms with Crippen molar-refractivity contribution in [1.29, 1.82) is 5.26 Å². The first kappa shape index (κ1) is 11.5. The van der Waals surface area contributed by atoms with Crippen LogP contribution in [0.25, 0.3) is 0 Å². The third-order valence-electron chi connectivity index (χ3n) is 2.89. The molecule has 0 aliphatic carbocycles. The van der Waals surface area contributed by atoms with Crippen molar-refractivity contribution in [1.82, 2.24) is 9.80 Å². The molecule has 1 aliphatic rings. The van der Waals surface area contributed by atoms with Crippen molar-refractivity contribution >= 4 is 0 Å². The molecule has 1 unspecified atom stereocenters. The standard InChI is InChI=1S/C11H21N3/c1-10(2)14-6-4-13(5-7-14)9-11(3)8-12/h10-11H,4-7,9H2,1-3H3. The number of nitriles is 1. The van der Waals surface area contributed by atoms with E-state index >= 15 is 0 Å². The maximum atomic E-state index is 8.72. The minimum absolute atomic E-state index is 0.167. The first-order valence-electron chi connectivity index (χ1n) is 5.49. The van der Waals surface area contributed by atoms with E-state index in [1.165, 1.54) is 0 Å². The van der Waals surface area contributed by atoms with E-state index in [0.29, 0.717) is 6.04 Å². The van der Waals surface area contributed by atoms with Gasteiger partial charge in [-0.3, -0.25) is 9.80 Å². The van der Waals surface area contributed by atoms with Gasteiger partial charge < -0.3 is 0 Å². The highest BCUT2D eigenvalue weighted by Gasteiger charge is 2.19. The molecule has 0 N–H and O–H groups in total. The van der Waals surface area contributed by atoms with Crippen molar-refractivity contribution in [3.05, 3.63) is 0 Å². The molecule has 1 rings (SSSR count). The van der Waals surface area contributed by atoms with Gasteiger partial charge in [-0.15, -0.1) is 0 Å². The summed E-state index contributed by atoms with van der Waals surface area (Å²) in [5.41, 5.74) is 0. The Balaban J connectivity index is 2.26. The van der Waals surface area contributed by atoms with E-state index in [9.17, 15) is 0 Å². The Labute approximate surface area is 87.3 Å². The average Bonchev–Trinajstić information content (AvgIpc) is 2.18. The quantitative estimate of drug-likeness (QED) is 0.677. The monoisotopic (exact) mass is 195 g/mol. The van der Waals surface area contributed by atoms with Crippen LogP contribution in [-0.4, -0.2) is 48.6 Å². The van der Waals surface area contributed by atoms with Gasteiger partial charge in [0.05, 0.1) is 12.0 Å². The summed E-state index contributed by atoms with van der Waals surface area (Å²) < 4.78 is 0. The Morgan fingerprint density at radius 3 is 2.14 bits per heavy atom. The zero-order valence-corrected chi connectivity index (χ0v) is 9.53. The lowest BCUT2D eigenvalue weighted by atomic mass is 10.1. The van der Waals surface area contributed by atoms with E-state index < -0.39 is 0 Å². The zero-order valence-electron chi connectivity index (χ0n) is 9.53. The largest absolute Gasteiger partial charge is 0.300 e. The molecule has 0 saturated carbocycles. The first-order chi connectivity index (χ1) is 6.63. The lowest BCUT2D eigenvalue weighted by Gasteiger charge is -2.37. The predicted octanol–water partition coefficient (Wildman–Crippen LogP) is 1.17. The molecule has 1 aliphatic heterocycles. The second kappa shape index (κ2) is 5.33. The number of hydrogen-bond donors (Lipinski definition) is 0. The van der Waals surface area contributed by atoms with E-state index in [1.54, 1.807) is 0 Å². The van der Waals surface area contributed by atoms with Gasteiger partial charge in [0, 0.05) is 38.8 Å². The zero-order chi connectivity index (χ0) is 10.6. The molecule has 1 heterocycles. The van der Waals surface area contributed by atoms with Gasteiger partial charge in [0.1, 0.15) is 0 Å². The molecule has 0 radical (unpaired) electrons. The molecule has 1 atom stereocenters. The van der Waals surface area contributed by atoms with E-state index in [1.807, 2.05) is 6.92 Å². The van der Waals surface area contributed by atoms with E-state index in [-0.39, 0.29) is 5.92 Å². The SMILES string of the molecule is CC(C#N)CN1CCN(C(C)C)CC1. The van der Waals surface area contributed by atoms with Crippen LogP contribution in [0.1, 0.15) is 20.8 Å². The lowest BCUT2D eigenvalue weighted by molar-refractivity contribution is 0.103. The fraction of sp³-hybridized carbons (Fsp3) is 0.909. The van der Waals surface area contributed by atoms with Crippen molar-refractivity contribution < 1.29 is 0 Å². The molecule has 1 saturated heterocycles. The van der Waals surface area contributed by atoms with Crippen LogP contribution in [0, 0.1) is 17.2 Å². The van der Waals surface area contributed by atoms with Crippen molar-refractivity contribution in [3.63, 3.8) is 0 Å². The molecule has 0 bridgehead atoms. The number of piperazine rings is 1. The van der Waals surface area contributed by atoms with Crippen LogP contribution in [0.2, 0.25) is 0 Å². The Kier molecular flexibility index (Phi) is 4.37. The van der Waals surface area contributed by atoms with Gasteiger partial charge in [0.2, 0.25) is 0 Å². The summed E-state index contributed by atoms with van der Waals surface area (Å²) in [5, 5.41) is 8.72. The van der Waals surface area contributed by atoms with Crippen LogP contribution < -0.4 is 0 Å². The summed E-state index contributed by atoms with van der Waals surface area (Å²) in [6, 6.07) is 2.95. The first-order valence-corrected chi connectivity index (χ1v) is 5.49. The minimum Gasteiger partial charge on any atom is -0.300 e. The fourth-order valence-electron chi connectivity index (χ4n) is 1.89. The van der Waals surface area contributed by atoms with Crippen molar-refractivity contribution in [3.8, 4) is 6.07 Å². The predicted molar refractivity (Wildman–Crippen MR) is 57.9 cm³/mol. The summed E-state index contributed by atoms with van der Waals surface area (Å²) >= 11 is 0. The van der Waals surface area contributed by atoms with Crippen molar-refractivity contribution in [2.24, 2.45) is 5.92 Å². The molecule has 0 spiro atoms. The Hall–Kier alpha value is -0.590. The number of rotatable bonds is 3. The van der Waals surface area contributed by atoms with E-state index in [0.717, 1.165) is 32.7 Å². The Morgan fingerprint density at radius 2 is 1.71 bits per heavy atom. The molecule has 14 heavy (non-hydrogen) atoms. The third kappa shape index (κ3) is 3.28. The second-order valence-corrected chi connectivity index (χ2v) is 4.46. The highest BCUT2D eigenvalue weighted by Crippen LogP contribution is 2.07. The summed E-state index contributed by atoms with van der Waals surface area (Å²) in [5.74, 6) is 0.167. The average molecular weight is 195 g/mol. The highest BCUT2D eigenvalue weighted by molar-refractivity contribution is 4.83. The molecule has 0 amide bonds. The molecule has 0 aromatic heterocycles. The van der Waals surface area contributed by atoms with Gasteiger partial charge >= 0.3 is 0 Å². The van der Waals surface area contributed by atoms with Crippen LogP contribution in [0.15, 0.2) is 0 Å². The molecule has 0 aromatic rings. The highest BCUT2D eigenvalue weighted by atomic mass is 15.3. The van der Waals surface area contributed by atoms with E-state index in [4.69, 9.17) is 5.26 Å². The van der Waals surface area contributed by atoms with Gasteiger partial charge in [-0.2, -0.15) is 5.26 Å². The van der Waals surface area contributed by atoms with Crippen molar-refractivity contribution in [2.75, 3.05) is 32.7 Å². The van der Waals surface area contributed by atoms with Crippen LogP contribution in [-0.2, 0) is 0 Å². The summed E-state index contributed by atoms with van der Waals surface area (Å²) in [6.45, 7) is 11.9. The molecule has 0 aromatic carbocycles. The van der Waals surface area contributed by atoms with Crippen LogP contribution in [0.5, 0.6) is 0 Å².